The van der Waals surface area contributed by atoms with Gasteiger partial charge in [0.05, 0.1) is 6.61 Å². The first-order chi connectivity index (χ1) is 8.81. The van der Waals surface area contributed by atoms with Crippen molar-refractivity contribution in [2.45, 2.75) is 6.54 Å². The minimum Gasteiger partial charge on any atom is -0.383 e. The van der Waals surface area contributed by atoms with Gasteiger partial charge < -0.3 is 10.1 Å². The van der Waals surface area contributed by atoms with Crippen LogP contribution in [0.1, 0.15) is 5.01 Å². The molecule has 0 unspecified atom stereocenters. The van der Waals surface area contributed by atoms with Crippen LogP contribution >= 0.6 is 27.3 Å². The molecule has 6 heteroatoms. The zero-order valence-electron chi connectivity index (χ0n) is 10.0. The number of aromatic nitrogens is 2. The highest BCUT2D eigenvalue weighted by atomic mass is 79.9. The Bertz CT molecular complexity index is 504. The van der Waals surface area contributed by atoms with Crippen molar-refractivity contribution in [3.63, 3.8) is 0 Å². The van der Waals surface area contributed by atoms with E-state index < -0.39 is 0 Å². The molecule has 0 aliphatic carbocycles. The standard InChI is InChI=1S/C12H14BrN3OS/c1-17-7-6-14-8-11-15-16-12(18-11)9-4-2-3-5-10(9)13/h2-5,14H,6-8H2,1H3. The summed E-state index contributed by atoms with van der Waals surface area (Å²) in [6.45, 7) is 2.25. The topological polar surface area (TPSA) is 47.0 Å². The van der Waals surface area contributed by atoms with E-state index in [4.69, 9.17) is 4.74 Å². The van der Waals surface area contributed by atoms with Crippen molar-refractivity contribution in [3.05, 3.63) is 33.7 Å². The molecule has 0 spiro atoms. The molecule has 0 saturated heterocycles. The average molecular weight is 328 g/mol. The molecule has 0 aliphatic heterocycles. The lowest BCUT2D eigenvalue weighted by Crippen LogP contribution is -2.18. The van der Waals surface area contributed by atoms with Gasteiger partial charge in [0, 0.05) is 30.2 Å². The number of halogens is 1. The Morgan fingerprint density at radius 1 is 1.33 bits per heavy atom. The molecule has 0 fully saturated rings. The average Bonchev–Trinajstić information content (AvgIpc) is 2.84. The Morgan fingerprint density at radius 2 is 2.17 bits per heavy atom. The quantitative estimate of drug-likeness (QED) is 0.829. The fourth-order valence-corrected chi connectivity index (χ4v) is 2.89. The van der Waals surface area contributed by atoms with Crippen LogP contribution in [0.5, 0.6) is 0 Å². The molecule has 2 rings (SSSR count). The lowest BCUT2D eigenvalue weighted by atomic mass is 10.2. The number of benzene rings is 1. The van der Waals surface area contributed by atoms with Gasteiger partial charge in [-0.15, -0.1) is 10.2 Å². The SMILES string of the molecule is COCCNCc1nnc(-c2ccccc2Br)s1. The van der Waals surface area contributed by atoms with Gasteiger partial charge in [-0.3, -0.25) is 0 Å². The highest BCUT2D eigenvalue weighted by Crippen LogP contribution is 2.29. The molecule has 0 radical (unpaired) electrons. The lowest BCUT2D eigenvalue weighted by molar-refractivity contribution is 0.199. The van der Waals surface area contributed by atoms with Gasteiger partial charge in [0.25, 0.3) is 0 Å². The van der Waals surface area contributed by atoms with E-state index in [9.17, 15) is 0 Å². The number of nitrogens with zero attached hydrogens (tertiary/aromatic N) is 2. The van der Waals surface area contributed by atoms with Crippen molar-refractivity contribution >= 4 is 27.3 Å². The summed E-state index contributed by atoms with van der Waals surface area (Å²) in [4.78, 5) is 0. The Balaban J connectivity index is 2.00. The second kappa shape index (κ2) is 6.94. The number of nitrogens with one attached hydrogen (secondary N) is 1. The molecular weight excluding hydrogens is 314 g/mol. The normalized spacial score (nSPS) is 10.8. The van der Waals surface area contributed by atoms with Crippen molar-refractivity contribution in [1.29, 1.82) is 0 Å². The van der Waals surface area contributed by atoms with E-state index >= 15 is 0 Å². The molecule has 0 amide bonds. The molecule has 1 aromatic heterocycles. The first kappa shape index (κ1) is 13.6. The van der Waals surface area contributed by atoms with Gasteiger partial charge in [-0.05, 0) is 6.07 Å². The van der Waals surface area contributed by atoms with Gasteiger partial charge in [-0.25, -0.2) is 0 Å². The molecule has 0 atom stereocenters. The van der Waals surface area contributed by atoms with E-state index in [1.807, 2.05) is 24.3 Å². The van der Waals surface area contributed by atoms with Crippen LogP contribution in [0.15, 0.2) is 28.7 Å². The minimum absolute atomic E-state index is 0.704. The summed E-state index contributed by atoms with van der Waals surface area (Å²) in [5.74, 6) is 0. The molecular formula is C12H14BrN3OS. The summed E-state index contributed by atoms with van der Waals surface area (Å²) in [7, 11) is 1.69. The predicted octanol–water partition coefficient (Wildman–Crippen LogP) is 2.70. The van der Waals surface area contributed by atoms with Gasteiger partial charge in [0.1, 0.15) is 10.0 Å². The third-order valence-electron chi connectivity index (χ3n) is 2.33. The van der Waals surface area contributed by atoms with Crippen LogP contribution < -0.4 is 5.32 Å². The zero-order chi connectivity index (χ0) is 12.8. The van der Waals surface area contributed by atoms with Gasteiger partial charge >= 0.3 is 0 Å². The first-order valence-corrected chi connectivity index (χ1v) is 7.19. The second-order valence-corrected chi connectivity index (χ2v) is 5.57. The summed E-state index contributed by atoms with van der Waals surface area (Å²) < 4.78 is 6.01. The van der Waals surface area contributed by atoms with Gasteiger partial charge in [-0.2, -0.15) is 0 Å². The highest BCUT2D eigenvalue weighted by Gasteiger charge is 2.08. The molecule has 96 valence electrons. The number of hydrogen-bond acceptors (Lipinski definition) is 5. The van der Waals surface area contributed by atoms with Crippen LogP contribution in [0.4, 0.5) is 0 Å². The largest absolute Gasteiger partial charge is 0.383 e. The summed E-state index contributed by atoms with van der Waals surface area (Å²) in [6, 6.07) is 8.03. The number of hydrogen-bond donors (Lipinski definition) is 1. The van der Waals surface area contributed by atoms with Crippen molar-refractivity contribution in [3.8, 4) is 10.6 Å². The van der Waals surface area contributed by atoms with Crippen LogP contribution in [0, 0.1) is 0 Å². The van der Waals surface area contributed by atoms with Crippen LogP contribution in [-0.2, 0) is 11.3 Å². The second-order valence-electron chi connectivity index (χ2n) is 3.65. The molecule has 2 aromatic rings. The maximum atomic E-state index is 4.97. The fraction of sp³-hybridized carbons (Fsp3) is 0.333. The Kier molecular flexibility index (Phi) is 5.25. The van der Waals surface area contributed by atoms with E-state index in [0.29, 0.717) is 6.61 Å². The van der Waals surface area contributed by atoms with Gasteiger partial charge in [-0.1, -0.05) is 45.5 Å². The number of ether oxygens (including phenoxy) is 1. The van der Waals surface area contributed by atoms with Crippen LogP contribution in [0.2, 0.25) is 0 Å². The zero-order valence-corrected chi connectivity index (χ0v) is 12.4. The first-order valence-electron chi connectivity index (χ1n) is 5.58. The summed E-state index contributed by atoms with van der Waals surface area (Å²) in [5, 5.41) is 13.6. The predicted molar refractivity (Wildman–Crippen MR) is 76.6 cm³/mol. The number of rotatable bonds is 6. The molecule has 1 N–H and O–H groups in total. The molecule has 4 nitrogen and oxygen atoms in total. The van der Waals surface area contributed by atoms with Crippen molar-refractivity contribution in [1.82, 2.24) is 15.5 Å². The molecule has 1 aromatic carbocycles. The molecule has 0 saturated carbocycles. The Morgan fingerprint density at radius 3 is 2.94 bits per heavy atom. The van der Waals surface area contributed by atoms with Crippen LogP contribution in [0.3, 0.4) is 0 Å². The van der Waals surface area contributed by atoms with E-state index in [-0.39, 0.29) is 0 Å². The Hall–Kier alpha value is -0.820. The minimum atomic E-state index is 0.704. The molecule has 0 aliphatic rings. The van der Waals surface area contributed by atoms with Gasteiger partial charge in [0.15, 0.2) is 0 Å². The molecule has 1 heterocycles. The van der Waals surface area contributed by atoms with Crippen molar-refractivity contribution in [2.75, 3.05) is 20.3 Å². The third kappa shape index (κ3) is 3.58. The molecule has 18 heavy (non-hydrogen) atoms. The Labute approximate surface area is 119 Å². The maximum Gasteiger partial charge on any atom is 0.148 e. The van der Waals surface area contributed by atoms with E-state index in [2.05, 4.69) is 31.4 Å². The lowest BCUT2D eigenvalue weighted by Gasteiger charge is -1.99. The summed E-state index contributed by atoms with van der Waals surface area (Å²) in [6.07, 6.45) is 0. The van der Waals surface area contributed by atoms with Crippen LogP contribution in [-0.4, -0.2) is 30.5 Å². The van der Waals surface area contributed by atoms with E-state index in [1.165, 1.54) is 0 Å². The summed E-state index contributed by atoms with van der Waals surface area (Å²) >= 11 is 5.12. The van der Waals surface area contributed by atoms with Crippen molar-refractivity contribution < 1.29 is 4.74 Å². The maximum absolute atomic E-state index is 4.97. The summed E-state index contributed by atoms with van der Waals surface area (Å²) in [5.41, 5.74) is 1.08. The van der Waals surface area contributed by atoms with E-state index in [1.54, 1.807) is 18.4 Å². The monoisotopic (exact) mass is 327 g/mol. The highest BCUT2D eigenvalue weighted by molar-refractivity contribution is 9.10. The van der Waals surface area contributed by atoms with E-state index in [0.717, 1.165) is 33.1 Å². The molecule has 0 bridgehead atoms. The smallest absolute Gasteiger partial charge is 0.148 e. The fourth-order valence-electron chi connectivity index (χ4n) is 1.44. The third-order valence-corrected chi connectivity index (χ3v) is 3.98. The van der Waals surface area contributed by atoms with Crippen LogP contribution in [0.25, 0.3) is 10.6 Å². The van der Waals surface area contributed by atoms with Crippen molar-refractivity contribution in [2.24, 2.45) is 0 Å². The van der Waals surface area contributed by atoms with Gasteiger partial charge in [0.2, 0.25) is 0 Å². The number of methoxy groups -OCH3 is 1.